The topological polar surface area (TPSA) is 62.5 Å². The van der Waals surface area contributed by atoms with Crippen molar-refractivity contribution >= 4 is 21.8 Å². The van der Waals surface area contributed by atoms with Crippen molar-refractivity contribution in [2.75, 3.05) is 6.54 Å². The van der Waals surface area contributed by atoms with Gasteiger partial charge in [0, 0.05) is 4.47 Å². The number of hydrogen-bond acceptors (Lipinski definition) is 3. The lowest BCUT2D eigenvalue weighted by Crippen LogP contribution is -2.29. The Morgan fingerprint density at radius 2 is 2.21 bits per heavy atom. The number of halogens is 2. The molecule has 0 aliphatic heterocycles. The number of nitrogens with one attached hydrogen (secondary N) is 1. The van der Waals surface area contributed by atoms with E-state index in [1.165, 1.54) is 18.4 Å². The average molecular weight is 328 g/mol. The first-order valence-electron chi connectivity index (χ1n) is 5.53. The number of carbonyl (C=O) groups excluding carboxylic acids is 1. The van der Waals surface area contributed by atoms with Crippen LogP contribution >= 0.6 is 15.9 Å². The fraction of sp³-hybridized carbons (Fsp3) is 0.154. The molecule has 1 atom stereocenters. The molecule has 0 radical (unpaired) electrons. The maximum Gasteiger partial charge on any atom is 0.255 e. The zero-order valence-electron chi connectivity index (χ0n) is 9.77. The second kappa shape index (κ2) is 5.99. The Labute approximate surface area is 117 Å². The minimum atomic E-state index is -0.968. The molecule has 2 N–H and O–H groups in total. The highest BCUT2D eigenvalue weighted by Crippen LogP contribution is 2.19. The molecular formula is C13H11BrFNO3. The summed E-state index contributed by atoms with van der Waals surface area (Å²) in [5.41, 5.74) is -0.0888. The molecule has 2 aromatic rings. The summed E-state index contributed by atoms with van der Waals surface area (Å²) in [6, 6.07) is 7.49. The fourth-order valence-corrected chi connectivity index (χ4v) is 2.10. The molecule has 100 valence electrons. The largest absolute Gasteiger partial charge is 0.467 e. The van der Waals surface area contributed by atoms with Crippen LogP contribution in [0.15, 0.2) is 45.5 Å². The zero-order chi connectivity index (χ0) is 13.8. The SMILES string of the molecule is O=C(NCC(O)c1ccco1)c1c(F)cccc1Br. The molecule has 0 spiro atoms. The second-order valence-electron chi connectivity index (χ2n) is 3.84. The standard InChI is InChI=1S/C13H11BrFNO3/c14-8-3-1-4-9(15)12(8)13(18)16-7-10(17)11-5-2-6-19-11/h1-6,10,17H,7H2,(H,16,18). The first kappa shape index (κ1) is 13.8. The number of hydrogen-bond donors (Lipinski definition) is 2. The van der Waals surface area contributed by atoms with Gasteiger partial charge < -0.3 is 14.8 Å². The quantitative estimate of drug-likeness (QED) is 0.907. The molecule has 1 unspecified atom stereocenters. The van der Waals surface area contributed by atoms with Crippen LogP contribution in [-0.4, -0.2) is 17.6 Å². The molecular weight excluding hydrogens is 317 g/mol. The van der Waals surface area contributed by atoms with E-state index in [9.17, 15) is 14.3 Å². The van der Waals surface area contributed by atoms with Crippen molar-refractivity contribution in [3.63, 3.8) is 0 Å². The molecule has 0 bridgehead atoms. The van der Waals surface area contributed by atoms with Crippen LogP contribution in [0.3, 0.4) is 0 Å². The van der Waals surface area contributed by atoms with Gasteiger partial charge >= 0.3 is 0 Å². The molecule has 0 fully saturated rings. The van der Waals surface area contributed by atoms with Crippen LogP contribution in [0, 0.1) is 5.82 Å². The van der Waals surface area contributed by atoms with Crippen LogP contribution in [0.4, 0.5) is 4.39 Å². The highest BCUT2D eigenvalue weighted by Gasteiger charge is 2.17. The van der Waals surface area contributed by atoms with E-state index in [4.69, 9.17) is 4.42 Å². The third kappa shape index (κ3) is 3.21. The number of carbonyl (C=O) groups is 1. The molecule has 2 rings (SSSR count). The van der Waals surface area contributed by atoms with E-state index in [2.05, 4.69) is 21.2 Å². The van der Waals surface area contributed by atoms with Gasteiger partial charge in [0.15, 0.2) is 0 Å². The number of aliphatic hydroxyl groups is 1. The average Bonchev–Trinajstić information content (AvgIpc) is 2.89. The van der Waals surface area contributed by atoms with Crippen molar-refractivity contribution in [2.24, 2.45) is 0 Å². The summed E-state index contributed by atoms with van der Waals surface area (Å²) in [6.45, 7) is -0.0624. The Hall–Kier alpha value is -1.66. The van der Waals surface area contributed by atoms with Gasteiger partial charge in [-0.1, -0.05) is 6.07 Å². The maximum absolute atomic E-state index is 13.5. The molecule has 0 saturated carbocycles. The highest BCUT2D eigenvalue weighted by molar-refractivity contribution is 9.10. The van der Waals surface area contributed by atoms with E-state index >= 15 is 0 Å². The minimum Gasteiger partial charge on any atom is -0.467 e. The molecule has 6 heteroatoms. The van der Waals surface area contributed by atoms with Crippen molar-refractivity contribution in [1.29, 1.82) is 0 Å². The van der Waals surface area contributed by atoms with Gasteiger partial charge in [-0.2, -0.15) is 0 Å². The lowest BCUT2D eigenvalue weighted by molar-refractivity contribution is 0.0896. The van der Waals surface area contributed by atoms with Crippen LogP contribution in [-0.2, 0) is 0 Å². The molecule has 0 aliphatic carbocycles. The van der Waals surface area contributed by atoms with Gasteiger partial charge in [0.1, 0.15) is 17.7 Å². The summed E-state index contributed by atoms with van der Waals surface area (Å²) >= 11 is 3.11. The Morgan fingerprint density at radius 1 is 1.42 bits per heavy atom. The van der Waals surface area contributed by atoms with Gasteiger partial charge in [0.05, 0.1) is 18.4 Å². The highest BCUT2D eigenvalue weighted by atomic mass is 79.9. The van der Waals surface area contributed by atoms with Gasteiger partial charge in [0.2, 0.25) is 0 Å². The van der Waals surface area contributed by atoms with Crippen LogP contribution in [0.25, 0.3) is 0 Å². The number of amides is 1. The van der Waals surface area contributed by atoms with Crippen LogP contribution in [0.5, 0.6) is 0 Å². The second-order valence-corrected chi connectivity index (χ2v) is 4.69. The van der Waals surface area contributed by atoms with Crippen LogP contribution in [0.2, 0.25) is 0 Å². The summed E-state index contributed by atoms with van der Waals surface area (Å²) in [5.74, 6) is -0.886. The molecule has 1 aromatic carbocycles. The number of benzene rings is 1. The summed E-state index contributed by atoms with van der Waals surface area (Å²) < 4.78 is 18.9. The van der Waals surface area contributed by atoms with E-state index < -0.39 is 17.8 Å². The predicted molar refractivity (Wildman–Crippen MR) is 70.1 cm³/mol. The lowest BCUT2D eigenvalue weighted by atomic mass is 10.2. The van der Waals surface area contributed by atoms with Gasteiger partial charge in [-0.05, 0) is 40.2 Å². The summed E-state index contributed by atoms with van der Waals surface area (Å²) in [4.78, 5) is 11.8. The summed E-state index contributed by atoms with van der Waals surface area (Å²) in [5, 5.41) is 12.2. The van der Waals surface area contributed by atoms with Gasteiger partial charge in [-0.25, -0.2) is 4.39 Å². The molecule has 1 heterocycles. The number of aliphatic hydroxyl groups excluding tert-OH is 1. The molecule has 4 nitrogen and oxygen atoms in total. The van der Waals surface area contributed by atoms with Crippen LogP contribution in [0.1, 0.15) is 22.2 Å². The Kier molecular flexibility index (Phi) is 4.34. The van der Waals surface area contributed by atoms with Crippen molar-refractivity contribution in [1.82, 2.24) is 5.32 Å². The zero-order valence-corrected chi connectivity index (χ0v) is 11.4. The molecule has 1 amide bonds. The van der Waals surface area contributed by atoms with Gasteiger partial charge in [0.25, 0.3) is 5.91 Å². The molecule has 0 saturated heterocycles. The molecule has 0 aliphatic rings. The van der Waals surface area contributed by atoms with Crippen molar-refractivity contribution < 1.29 is 18.7 Å². The maximum atomic E-state index is 13.5. The normalized spacial score (nSPS) is 12.2. The third-order valence-corrected chi connectivity index (χ3v) is 3.18. The third-order valence-electron chi connectivity index (χ3n) is 2.52. The predicted octanol–water partition coefficient (Wildman–Crippen LogP) is 2.64. The van der Waals surface area contributed by atoms with E-state index in [-0.39, 0.29) is 12.1 Å². The van der Waals surface area contributed by atoms with Crippen molar-refractivity contribution in [3.8, 4) is 0 Å². The smallest absolute Gasteiger partial charge is 0.255 e. The van der Waals surface area contributed by atoms with Gasteiger partial charge in [-0.15, -0.1) is 0 Å². The Balaban J connectivity index is 2.02. The van der Waals surface area contributed by atoms with Gasteiger partial charge in [-0.3, -0.25) is 4.79 Å². The summed E-state index contributed by atoms with van der Waals surface area (Å²) in [6.07, 6.45) is 0.456. The monoisotopic (exact) mass is 327 g/mol. The van der Waals surface area contributed by atoms with E-state index in [1.807, 2.05) is 0 Å². The fourth-order valence-electron chi connectivity index (χ4n) is 1.57. The summed E-state index contributed by atoms with van der Waals surface area (Å²) in [7, 11) is 0. The Morgan fingerprint density at radius 3 is 2.84 bits per heavy atom. The first-order valence-corrected chi connectivity index (χ1v) is 6.32. The van der Waals surface area contributed by atoms with E-state index in [0.29, 0.717) is 10.2 Å². The van der Waals surface area contributed by atoms with Crippen molar-refractivity contribution in [3.05, 3.63) is 58.2 Å². The molecule has 1 aromatic heterocycles. The van der Waals surface area contributed by atoms with E-state index in [1.54, 1.807) is 18.2 Å². The van der Waals surface area contributed by atoms with Crippen molar-refractivity contribution in [2.45, 2.75) is 6.10 Å². The number of furan rings is 1. The first-order chi connectivity index (χ1) is 9.09. The minimum absolute atomic E-state index is 0.0624. The lowest BCUT2D eigenvalue weighted by Gasteiger charge is -2.11. The van der Waals surface area contributed by atoms with Crippen LogP contribution < -0.4 is 5.32 Å². The Bertz CT molecular complexity index is 551. The molecule has 19 heavy (non-hydrogen) atoms. The van der Waals surface area contributed by atoms with E-state index in [0.717, 1.165) is 0 Å². The number of rotatable bonds is 4.